The van der Waals surface area contributed by atoms with Gasteiger partial charge in [-0.15, -0.1) is 0 Å². The van der Waals surface area contributed by atoms with Gasteiger partial charge < -0.3 is 25.8 Å². The molecular weight excluding hydrogens is 370 g/mol. The molecule has 2 aromatic rings. The number of hydrogen-bond acceptors (Lipinski definition) is 5. The van der Waals surface area contributed by atoms with Gasteiger partial charge in [-0.1, -0.05) is 6.07 Å². The molecule has 154 valence electrons. The minimum absolute atomic E-state index is 0.0627. The number of amides is 1. The number of primary amides is 1. The number of nitrogens with one attached hydrogen (secondary N) is 1. The molecule has 0 spiro atoms. The third-order valence-corrected chi connectivity index (χ3v) is 7.11. The average Bonchev–Trinajstić information content (AvgIpc) is 2.66. The summed E-state index contributed by atoms with van der Waals surface area (Å²) in [6.45, 7) is 4.64. The van der Waals surface area contributed by atoms with Gasteiger partial charge >= 0.3 is 0 Å². The number of piperidine rings is 1. The quantitative estimate of drug-likeness (QED) is 0.593. The number of nitrogens with zero attached hydrogens (tertiary/aromatic N) is 1. The lowest BCUT2D eigenvalue weighted by atomic mass is 9.53. The van der Waals surface area contributed by atoms with E-state index in [1.54, 1.807) is 25.2 Å². The molecule has 1 aliphatic carbocycles. The van der Waals surface area contributed by atoms with Crippen LogP contribution in [0.4, 0.5) is 0 Å². The Morgan fingerprint density at radius 2 is 2.03 bits per heavy atom. The second-order valence-electron chi connectivity index (χ2n) is 8.54. The lowest BCUT2D eigenvalue weighted by Gasteiger charge is -2.57. The van der Waals surface area contributed by atoms with Crippen LogP contribution in [0, 0.1) is 6.92 Å². The molecule has 3 atom stereocenters. The fourth-order valence-corrected chi connectivity index (χ4v) is 5.43. The average molecular weight is 397 g/mol. The lowest BCUT2D eigenvalue weighted by Crippen LogP contribution is -2.70. The summed E-state index contributed by atoms with van der Waals surface area (Å²) in [4.78, 5) is 24.5. The van der Waals surface area contributed by atoms with Crippen LogP contribution in [0.3, 0.4) is 0 Å². The number of benzene rings is 1. The van der Waals surface area contributed by atoms with E-state index in [1.807, 2.05) is 19.9 Å². The molecule has 4 rings (SSSR count). The van der Waals surface area contributed by atoms with Crippen LogP contribution in [0.5, 0.6) is 5.75 Å². The lowest BCUT2D eigenvalue weighted by molar-refractivity contribution is -0.0948. The molecular formula is C22H27N3O4. The summed E-state index contributed by atoms with van der Waals surface area (Å²) >= 11 is 0. The monoisotopic (exact) mass is 397 g/mol. The molecule has 1 aromatic heterocycles. The smallest absolute Gasteiger partial charge is 0.263 e. The molecule has 1 aliphatic heterocycles. The van der Waals surface area contributed by atoms with E-state index < -0.39 is 22.5 Å². The van der Waals surface area contributed by atoms with Gasteiger partial charge in [-0.3, -0.25) is 9.59 Å². The number of phenols is 1. The van der Waals surface area contributed by atoms with Crippen molar-refractivity contribution in [1.82, 2.24) is 9.88 Å². The number of nitrogens with two attached hydrogens (primary N) is 1. The molecule has 5 N–H and O–H groups in total. The summed E-state index contributed by atoms with van der Waals surface area (Å²) in [7, 11) is 1.64. The Hall–Kier alpha value is -2.64. The molecule has 0 bridgehead atoms. The van der Waals surface area contributed by atoms with Crippen molar-refractivity contribution in [2.24, 2.45) is 12.8 Å². The van der Waals surface area contributed by atoms with Gasteiger partial charge in [0.25, 0.3) is 11.5 Å². The van der Waals surface area contributed by atoms with Crippen LogP contribution in [0.1, 0.15) is 46.1 Å². The summed E-state index contributed by atoms with van der Waals surface area (Å²) in [5, 5.41) is 25.6. The predicted octanol–water partition coefficient (Wildman–Crippen LogP) is 0.648. The molecule has 3 unspecified atom stereocenters. The number of carbonyl (C=O) groups is 1. The normalized spacial score (nSPS) is 28.5. The number of aliphatic hydroxyl groups is 1. The molecule has 29 heavy (non-hydrogen) atoms. The van der Waals surface area contributed by atoms with Crippen LogP contribution < -0.4 is 16.6 Å². The molecule has 1 aromatic carbocycles. The zero-order chi connectivity index (χ0) is 21.1. The van der Waals surface area contributed by atoms with Crippen molar-refractivity contribution in [3.63, 3.8) is 0 Å². The van der Waals surface area contributed by atoms with Gasteiger partial charge in [0, 0.05) is 37.0 Å². The van der Waals surface area contributed by atoms with Crippen LogP contribution in [-0.4, -0.2) is 38.9 Å². The standard InChI is InChI=1S/C22H27N3O4/c1-12-4-5-15(26)9-17(12)21-6-7-24-13(2)22(21,29)10-14-8-16(19(23)27)20(28)25(3)18(14)11-21/h4-5,8-9,13,24,26,29H,6-7,10-11H2,1-3H3,(H2,23,27). The first kappa shape index (κ1) is 19.7. The first-order valence-corrected chi connectivity index (χ1v) is 9.88. The maximum Gasteiger partial charge on any atom is 0.263 e. The highest BCUT2D eigenvalue weighted by atomic mass is 16.3. The van der Waals surface area contributed by atoms with E-state index in [1.165, 1.54) is 4.57 Å². The van der Waals surface area contributed by atoms with Gasteiger partial charge in [0.05, 0.1) is 5.60 Å². The maximum absolute atomic E-state index is 12.7. The van der Waals surface area contributed by atoms with Crippen LogP contribution in [0.15, 0.2) is 29.1 Å². The molecule has 1 fully saturated rings. The summed E-state index contributed by atoms with van der Waals surface area (Å²) in [6.07, 6.45) is 1.36. The van der Waals surface area contributed by atoms with Crippen molar-refractivity contribution in [2.75, 3.05) is 6.54 Å². The van der Waals surface area contributed by atoms with Crippen molar-refractivity contribution in [2.45, 2.75) is 50.2 Å². The number of rotatable bonds is 2. The van der Waals surface area contributed by atoms with Crippen LogP contribution in [0.2, 0.25) is 0 Å². The second kappa shape index (κ2) is 6.43. The molecule has 7 heteroatoms. The van der Waals surface area contributed by atoms with Crippen LogP contribution >= 0.6 is 0 Å². The SMILES string of the molecule is Cc1ccc(O)cc1C12CCNC(C)C1(O)Cc1cc(C(N)=O)c(=O)n(C)c1C2. The number of phenolic OH excluding ortho intramolecular Hbond substituents is 1. The Balaban J connectivity index is 2.02. The number of fused-ring (bicyclic) bond motifs is 2. The zero-order valence-corrected chi connectivity index (χ0v) is 17.0. The maximum atomic E-state index is 12.7. The summed E-state index contributed by atoms with van der Waals surface area (Å²) in [6, 6.07) is 6.56. The van der Waals surface area contributed by atoms with E-state index in [4.69, 9.17) is 5.73 Å². The molecule has 0 saturated carbocycles. The third kappa shape index (κ3) is 2.64. The number of pyridine rings is 1. The van der Waals surface area contributed by atoms with E-state index in [0.29, 0.717) is 19.4 Å². The Labute approximate surface area is 169 Å². The summed E-state index contributed by atoms with van der Waals surface area (Å²) < 4.78 is 1.49. The zero-order valence-electron chi connectivity index (χ0n) is 17.0. The Morgan fingerprint density at radius 3 is 2.72 bits per heavy atom. The molecule has 2 aliphatic rings. The summed E-state index contributed by atoms with van der Waals surface area (Å²) in [5.41, 5.74) is 6.51. The van der Waals surface area contributed by atoms with Crippen LogP contribution in [-0.2, 0) is 25.3 Å². The van der Waals surface area contributed by atoms with Crippen molar-refractivity contribution in [3.8, 4) is 5.75 Å². The number of hydrogen-bond donors (Lipinski definition) is 4. The highest BCUT2D eigenvalue weighted by molar-refractivity contribution is 5.92. The van der Waals surface area contributed by atoms with Gasteiger partial charge in [-0.05, 0) is 61.7 Å². The largest absolute Gasteiger partial charge is 0.508 e. The van der Waals surface area contributed by atoms with Gasteiger partial charge in [0.1, 0.15) is 11.3 Å². The number of aromatic nitrogens is 1. The third-order valence-electron chi connectivity index (χ3n) is 7.11. The number of carbonyl (C=O) groups excluding carboxylic acids is 1. The van der Waals surface area contributed by atoms with Gasteiger partial charge in [-0.25, -0.2) is 0 Å². The Bertz CT molecular complexity index is 1080. The second-order valence-corrected chi connectivity index (χ2v) is 8.54. The highest BCUT2D eigenvalue weighted by Gasteiger charge is 2.59. The molecule has 2 heterocycles. The highest BCUT2D eigenvalue weighted by Crippen LogP contribution is 2.51. The minimum atomic E-state index is -1.16. The van der Waals surface area contributed by atoms with Crippen molar-refractivity contribution < 1.29 is 15.0 Å². The van der Waals surface area contributed by atoms with E-state index in [9.17, 15) is 19.8 Å². The van der Waals surface area contributed by atoms with Crippen molar-refractivity contribution in [1.29, 1.82) is 0 Å². The molecule has 0 radical (unpaired) electrons. The predicted molar refractivity (Wildman–Crippen MR) is 109 cm³/mol. The van der Waals surface area contributed by atoms with E-state index in [2.05, 4.69) is 5.32 Å². The summed E-state index contributed by atoms with van der Waals surface area (Å²) in [5.74, 6) is -0.617. The van der Waals surface area contributed by atoms with E-state index in [0.717, 1.165) is 22.4 Å². The van der Waals surface area contributed by atoms with E-state index in [-0.39, 0.29) is 23.8 Å². The topological polar surface area (TPSA) is 118 Å². The number of aromatic hydroxyl groups is 1. The molecule has 1 saturated heterocycles. The van der Waals surface area contributed by atoms with Crippen molar-refractivity contribution >= 4 is 5.91 Å². The van der Waals surface area contributed by atoms with Gasteiger partial charge in [0.15, 0.2) is 0 Å². The Morgan fingerprint density at radius 1 is 1.31 bits per heavy atom. The fourth-order valence-electron chi connectivity index (χ4n) is 5.43. The Kier molecular flexibility index (Phi) is 4.36. The van der Waals surface area contributed by atoms with Gasteiger partial charge in [-0.2, -0.15) is 0 Å². The van der Waals surface area contributed by atoms with Gasteiger partial charge in [0.2, 0.25) is 0 Å². The van der Waals surface area contributed by atoms with Crippen molar-refractivity contribution in [3.05, 3.63) is 62.6 Å². The first-order valence-electron chi connectivity index (χ1n) is 9.88. The number of aryl methyl sites for hydroxylation is 1. The molecule has 1 amide bonds. The fraction of sp³-hybridized carbons (Fsp3) is 0.455. The van der Waals surface area contributed by atoms with E-state index >= 15 is 0 Å². The minimum Gasteiger partial charge on any atom is -0.508 e. The van der Waals surface area contributed by atoms with Crippen LogP contribution in [0.25, 0.3) is 0 Å². The first-order chi connectivity index (χ1) is 13.6. The molecule has 7 nitrogen and oxygen atoms in total.